The normalized spacial score (nSPS) is 16.0. The molecule has 0 unspecified atom stereocenters. The highest BCUT2D eigenvalue weighted by Crippen LogP contribution is 2.28. The minimum atomic E-state index is 0.687. The van der Waals surface area contributed by atoms with E-state index >= 15 is 0 Å². The van der Waals surface area contributed by atoms with Gasteiger partial charge in [-0.15, -0.1) is 0 Å². The maximum Gasteiger partial charge on any atom is 0.133 e. The number of aromatic nitrogens is 1. The molecule has 1 saturated carbocycles. The fraction of sp³-hybridized carbons (Fsp3) is 0.706. The second-order valence-electron chi connectivity index (χ2n) is 6.24. The van der Waals surface area contributed by atoms with Crippen LogP contribution in [0.2, 0.25) is 0 Å². The summed E-state index contributed by atoms with van der Waals surface area (Å²) >= 11 is 0. The maximum absolute atomic E-state index is 4.68. The molecule has 1 aliphatic rings. The van der Waals surface area contributed by atoms with Gasteiger partial charge in [0.05, 0.1) is 0 Å². The van der Waals surface area contributed by atoms with Gasteiger partial charge in [-0.2, -0.15) is 0 Å². The van der Waals surface area contributed by atoms with Crippen LogP contribution < -0.4 is 10.2 Å². The number of rotatable bonds is 7. The minimum Gasteiger partial charge on any atom is -0.354 e. The monoisotopic (exact) mass is 275 g/mol. The Labute approximate surface area is 123 Å². The lowest BCUT2D eigenvalue weighted by atomic mass is 10.1. The Hall–Kier alpha value is -1.09. The molecule has 0 aliphatic heterocycles. The van der Waals surface area contributed by atoms with Crippen molar-refractivity contribution in [3.8, 4) is 0 Å². The Kier molecular flexibility index (Phi) is 5.84. The average Bonchev–Trinajstić information content (AvgIpc) is 2.95. The van der Waals surface area contributed by atoms with E-state index in [1.807, 2.05) is 6.20 Å². The predicted octanol–water partition coefficient (Wildman–Crippen LogP) is 3.60. The SMILES string of the molecule is CCN(c1ncccc1CNCC(C)C)C1CCCC1. The van der Waals surface area contributed by atoms with Gasteiger partial charge in [0, 0.05) is 30.9 Å². The zero-order valence-electron chi connectivity index (χ0n) is 13.2. The number of nitrogens with one attached hydrogen (secondary N) is 1. The van der Waals surface area contributed by atoms with Gasteiger partial charge in [-0.1, -0.05) is 32.8 Å². The average molecular weight is 275 g/mol. The summed E-state index contributed by atoms with van der Waals surface area (Å²) in [5.74, 6) is 1.88. The number of pyridine rings is 1. The summed E-state index contributed by atoms with van der Waals surface area (Å²) in [5.41, 5.74) is 1.34. The molecule has 0 radical (unpaired) electrons. The number of anilines is 1. The molecule has 1 aromatic heterocycles. The van der Waals surface area contributed by atoms with Gasteiger partial charge in [-0.3, -0.25) is 0 Å². The van der Waals surface area contributed by atoms with Crippen LogP contribution in [0, 0.1) is 5.92 Å². The highest BCUT2D eigenvalue weighted by Gasteiger charge is 2.23. The first kappa shape index (κ1) is 15.3. The van der Waals surface area contributed by atoms with Gasteiger partial charge in [-0.25, -0.2) is 4.98 Å². The zero-order valence-corrected chi connectivity index (χ0v) is 13.2. The van der Waals surface area contributed by atoms with Crippen molar-refractivity contribution in [2.24, 2.45) is 5.92 Å². The summed E-state index contributed by atoms with van der Waals surface area (Å²) in [6.07, 6.45) is 7.31. The lowest BCUT2D eigenvalue weighted by molar-refractivity contribution is 0.548. The van der Waals surface area contributed by atoms with E-state index in [0.29, 0.717) is 12.0 Å². The molecule has 0 atom stereocenters. The van der Waals surface area contributed by atoms with Gasteiger partial charge in [0.1, 0.15) is 5.82 Å². The first-order chi connectivity index (χ1) is 9.72. The van der Waals surface area contributed by atoms with Gasteiger partial charge in [0.15, 0.2) is 0 Å². The van der Waals surface area contributed by atoms with E-state index in [2.05, 4.69) is 48.1 Å². The molecule has 1 fully saturated rings. The summed E-state index contributed by atoms with van der Waals surface area (Å²) < 4.78 is 0. The standard InChI is InChI=1S/C17H29N3/c1-4-20(16-9-5-6-10-16)17-15(8-7-11-19-17)13-18-12-14(2)3/h7-8,11,14,16,18H,4-6,9-10,12-13H2,1-3H3. The molecule has 2 rings (SSSR count). The van der Waals surface area contributed by atoms with Crippen LogP contribution in [-0.2, 0) is 6.54 Å². The van der Waals surface area contributed by atoms with Crippen molar-refractivity contribution >= 4 is 5.82 Å². The second kappa shape index (κ2) is 7.63. The molecular formula is C17H29N3. The fourth-order valence-corrected chi connectivity index (χ4v) is 3.12. The summed E-state index contributed by atoms with van der Waals surface area (Å²) in [5, 5.41) is 3.54. The van der Waals surface area contributed by atoms with Gasteiger partial charge < -0.3 is 10.2 Å². The minimum absolute atomic E-state index is 0.687. The first-order valence-corrected chi connectivity index (χ1v) is 8.13. The molecule has 0 bridgehead atoms. The molecule has 1 aromatic rings. The van der Waals surface area contributed by atoms with Gasteiger partial charge in [0.2, 0.25) is 0 Å². The molecule has 1 heterocycles. The van der Waals surface area contributed by atoms with Crippen LogP contribution in [0.1, 0.15) is 52.0 Å². The third kappa shape index (κ3) is 3.95. The Morgan fingerprint density at radius 1 is 1.35 bits per heavy atom. The Balaban J connectivity index is 2.08. The highest BCUT2D eigenvalue weighted by atomic mass is 15.2. The van der Waals surface area contributed by atoms with Crippen LogP contribution in [0.15, 0.2) is 18.3 Å². The van der Waals surface area contributed by atoms with E-state index < -0.39 is 0 Å². The lowest BCUT2D eigenvalue weighted by Crippen LogP contribution is -2.35. The summed E-state index contributed by atoms with van der Waals surface area (Å²) in [7, 11) is 0. The van der Waals surface area contributed by atoms with Crippen molar-refractivity contribution in [1.82, 2.24) is 10.3 Å². The molecule has 1 N–H and O–H groups in total. The Bertz CT molecular complexity index is 397. The molecule has 1 aliphatic carbocycles. The molecule has 0 spiro atoms. The van der Waals surface area contributed by atoms with Crippen LogP contribution in [-0.4, -0.2) is 24.1 Å². The summed E-state index contributed by atoms with van der Waals surface area (Å²) in [6, 6.07) is 4.96. The van der Waals surface area contributed by atoms with Gasteiger partial charge >= 0.3 is 0 Å². The van der Waals surface area contributed by atoms with E-state index in [1.165, 1.54) is 37.1 Å². The smallest absolute Gasteiger partial charge is 0.133 e. The van der Waals surface area contributed by atoms with E-state index in [1.54, 1.807) is 0 Å². The summed E-state index contributed by atoms with van der Waals surface area (Å²) in [4.78, 5) is 7.19. The molecule has 3 heteroatoms. The number of nitrogens with zero attached hydrogens (tertiary/aromatic N) is 2. The summed E-state index contributed by atoms with van der Waals surface area (Å²) in [6.45, 7) is 9.77. The third-order valence-corrected chi connectivity index (χ3v) is 4.11. The fourth-order valence-electron chi connectivity index (χ4n) is 3.12. The van der Waals surface area contributed by atoms with Gasteiger partial charge in [-0.05, 0) is 38.3 Å². The van der Waals surface area contributed by atoms with E-state index in [-0.39, 0.29) is 0 Å². The van der Waals surface area contributed by atoms with Crippen LogP contribution in [0.5, 0.6) is 0 Å². The Morgan fingerprint density at radius 3 is 2.75 bits per heavy atom. The molecule has 112 valence electrons. The van der Waals surface area contributed by atoms with Crippen molar-refractivity contribution < 1.29 is 0 Å². The molecule has 0 amide bonds. The quantitative estimate of drug-likeness (QED) is 0.824. The molecule has 0 aromatic carbocycles. The third-order valence-electron chi connectivity index (χ3n) is 4.11. The van der Waals surface area contributed by atoms with E-state index in [0.717, 1.165) is 19.6 Å². The van der Waals surface area contributed by atoms with Crippen LogP contribution >= 0.6 is 0 Å². The lowest BCUT2D eigenvalue weighted by Gasteiger charge is -2.30. The molecule has 0 saturated heterocycles. The van der Waals surface area contributed by atoms with Crippen molar-refractivity contribution in [3.05, 3.63) is 23.9 Å². The molecule has 20 heavy (non-hydrogen) atoms. The molecular weight excluding hydrogens is 246 g/mol. The highest BCUT2D eigenvalue weighted by molar-refractivity contribution is 5.47. The maximum atomic E-state index is 4.68. The molecule has 3 nitrogen and oxygen atoms in total. The number of hydrogen-bond acceptors (Lipinski definition) is 3. The van der Waals surface area contributed by atoms with Gasteiger partial charge in [0.25, 0.3) is 0 Å². The number of hydrogen-bond donors (Lipinski definition) is 1. The Morgan fingerprint density at radius 2 is 2.10 bits per heavy atom. The first-order valence-electron chi connectivity index (χ1n) is 8.13. The zero-order chi connectivity index (χ0) is 14.4. The van der Waals surface area contributed by atoms with Crippen molar-refractivity contribution in [2.45, 2.75) is 59.0 Å². The largest absolute Gasteiger partial charge is 0.354 e. The van der Waals surface area contributed by atoms with Crippen molar-refractivity contribution in [1.29, 1.82) is 0 Å². The van der Waals surface area contributed by atoms with Crippen LogP contribution in [0.3, 0.4) is 0 Å². The van der Waals surface area contributed by atoms with E-state index in [9.17, 15) is 0 Å². The van der Waals surface area contributed by atoms with Crippen LogP contribution in [0.25, 0.3) is 0 Å². The van der Waals surface area contributed by atoms with E-state index in [4.69, 9.17) is 0 Å². The topological polar surface area (TPSA) is 28.2 Å². The second-order valence-corrected chi connectivity index (χ2v) is 6.24. The predicted molar refractivity (Wildman–Crippen MR) is 86.1 cm³/mol. The van der Waals surface area contributed by atoms with Crippen molar-refractivity contribution in [2.75, 3.05) is 18.0 Å². The van der Waals surface area contributed by atoms with Crippen molar-refractivity contribution in [3.63, 3.8) is 0 Å². The van der Waals surface area contributed by atoms with Crippen LogP contribution in [0.4, 0.5) is 5.82 Å².